The fourth-order valence-electron chi connectivity index (χ4n) is 1.50. The number of hydrogen-bond donors (Lipinski definition) is 1. The van der Waals surface area contributed by atoms with Crippen molar-refractivity contribution < 1.29 is 18.6 Å². The van der Waals surface area contributed by atoms with Crippen molar-refractivity contribution in [3.05, 3.63) is 59.9 Å². The van der Waals surface area contributed by atoms with Crippen LogP contribution in [-0.4, -0.2) is 16.7 Å². The molecule has 0 radical (unpaired) electrons. The van der Waals surface area contributed by atoms with E-state index in [0.717, 1.165) is 11.6 Å². The van der Waals surface area contributed by atoms with Crippen LogP contribution in [0, 0.1) is 0 Å². The van der Waals surface area contributed by atoms with Crippen molar-refractivity contribution in [1.29, 1.82) is 0 Å². The van der Waals surface area contributed by atoms with Gasteiger partial charge in [0.1, 0.15) is 24.7 Å². The van der Waals surface area contributed by atoms with Crippen LogP contribution in [0.1, 0.15) is 11.3 Å². The van der Waals surface area contributed by atoms with E-state index >= 15 is 0 Å². The summed E-state index contributed by atoms with van der Waals surface area (Å²) in [4.78, 5) is 3.60. The first-order chi connectivity index (χ1) is 9.12. The van der Waals surface area contributed by atoms with Gasteiger partial charge < -0.3 is 9.84 Å². The van der Waals surface area contributed by atoms with Crippen molar-refractivity contribution in [3.8, 4) is 5.75 Å². The van der Waals surface area contributed by atoms with Crippen LogP contribution in [0.5, 0.6) is 5.75 Å². The monoisotopic (exact) mass is 265 g/mol. The zero-order valence-corrected chi connectivity index (χ0v) is 10.1. The molecule has 1 heterocycles. The number of alkyl halides is 2. The van der Waals surface area contributed by atoms with Crippen molar-refractivity contribution >= 4 is 0 Å². The molecule has 0 aliphatic rings. The topological polar surface area (TPSA) is 42.4 Å². The first kappa shape index (κ1) is 13.4. The van der Waals surface area contributed by atoms with E-state index in [1.165, 1.54) is 12.3 Å². The largest absolute Gasteiger partial charge is 0.487 e. The standard InChI is InChI=1S/C14H13F2NO2/c15-14(16,10-18)13-7-6-12(8-17-13)19-9-11-4-2-1-3-5-11/h1-8,18H,9-10H2. The molecule has 1 aromatic heterocycles. The van der Waals surface area contributed by atoms with Crippen molar-refractivity contribution in [3.63, 3.8) is 0 Å². The maximum atomic E-state index is 13.1. The maximum Gasteiger partial charge on any atom is 0.312 e. The Morgan fingerprint density at radius 1 is 1.11 bits per heavy atom. The summed E-state index contributed by atoms with van der Waals surface area (Å²) >= 11 is 0. The molecule has 0 unspecified atom stereocenters. The van der Waals surface area contributed by atoms with E-state index in [1.807, 2.05) is 30.3 Å². The number of aromatic nitrogens is 1. The molecule has 0 aliphatic heterocycles. The minimum Gasteiger partial charge on any atom is -0.487 e. The number of ether oxygens (including phenoxy) is 1. The highest BCUT2D eigenvalue weighted by molar-refractivity contribution is 5.23. The first-order valence-electron chi connectivity index (χ1n) is 5.74. The summed E-state index contributed by atoms with van der Waals surface area (Å²) in [5, 5.41) is 8.55. The molecule has 1 aromatic carbocycles. The molecule has 0 amide bonds. The van der Waals surface area contributed by atoms with Gasteiger partial charge in [-0.1, -0.05) is 30.3 Å². The average molecular weight is 265 g/mol. The Labute approximate surface area is 109 Å². The predicted octanol–water partition coefficient (Wildman–Crippen LogP) is 2.74. The molecule has 0 atom stereocenters. The van der Waals surface area contributed by atoms with Gasteiger partial charge in [-0.2, -0.15) is 8.78 Å². The molecule has 0 saturated carbocycles. The van der Waals surface area contributed by atoms with E-state index in [4.69, 9.17) is 9.84 Å². The zero-order chi connectivity index (χ0) is 13.7. The second-order valence-electron chi connectivity index (χ2n) is 4.02. The number of aliphatic hydroxyl groups excluding tert-OH is 1. The van der Waals surface area contributed by atoms with Gasteiger partial charge in [0.25, 0.3) is 0 Å². The molecule has 1 N–H and O–H groups in total. The SMILES string of the molecule is OCC(F)(F)c1ccc(OCc2ccccc2)cn1. The van der Waals surface area contributed by atoms with Gasteiger partial charge in [0.2, 0.25) is 0 Å². The van der Waals surface area contributed by atoms with E-state index in [-0.39, 0.29) is 0 Å². The van der Waals surface area contributed by atoms with Gasteiger partial charge in [-0.15, -0.1) is 0 Å². The van der Waals surface area contributed by atoms with Crippen molar-refractivity contribution in [1.82, 2.24) is 4.98 Å². The fraction of sp³-hybridized carbons (Fsp3) is 0.214. The maximum absolute atomic E-state index is 13.1. The lowest BCUT2D eigenvalue weighted by Gasteiger charge is -2.12. The quantitative estimate of drug-likeness (QED) is 0.903. The molecule has 0 spiro atoms. The number of hydrogen-bond acceptors (Lipinski definition) is 3. The van der Waals surface area contributed by atoms with Gasteiger partial charge in [0.15, 0.2) is 0 Å². The number of halogens is 2. The smallest absolute Gasteiger partial charge is 0.312 e. The first-order valence-corrected chi connectivity index (χ1v) is 5.74. The van der Waals surface area contributed by atoms with Crippen LogP contribution < -0.4 is 4.74 Å². The lowest BCUT2D eigenvalue weighted by atomic mass is 10.2. The molecule has 100 valence electrons. The number of rotatable bonds is 5. The lowest BCUT2D eigenvalue weighted by molar-refractivity contribution is -0.0592. The minimum atomic E-state index is -3.32. The Balaban J connectivity index is 2.00. The third kappa shape index (κ3) is 3.48. The fourth-order valence-corrected chi connectivity index (χ4v) is 1.50. The summed E-state index contributed by atoms with van der Waals surface area (Å²) in [6, 6.07) is 12.1. The van der Waals surface area contributed by atoms with Crippen LogP contribution in [0.15, 0.2) is 48.7 Å². The number of pyridine rings is 1. The van der Waals surface area contributed by atoms with Crippen LogP contribution in [0.3, 0.4) is 0 Å². The molecule has 3 nitrogen and oxygen atoms in total. The third-order valence-electron chi connectivity index (χ3n) is 2.56. The van der Waals surface area contributed by atoms with E-state index in [0.29, 0.717) is 12.4 Å². The highest BCUT2D eigenvalue weighted by Crippen LogP contribution is 2.26. The van der Waals surface area contributed by atoms with Gasteiger partial charge in [-0.3, -0.25) is 4.98 Å². The Bertz CT molecular complexity index is 515. The molecule has 19 heavy (non-hydrogen) atoms. The second-order valence-corrected chi connectivity index (χ2v) is 4.02. The van der Waals surface area contributed by atoms with Crippen LogP contribution in [-0.2, 0) is 12.5 Å². The zero-order valence-electron chi connectivity index (χ0n) is 10.1. The molecular formula is C14H13F2NO2. The summed E-state index contributed by atoms with van der Waals surface area (Å²) in [6.07, 6.45) is 1.22. The summed E-state index contributed by atoms with van der Waals surface area (Å²) in [5.41, 5.74) is 0.509. The minimum absolute atomic E-state index is 0.345. The number of nitrogens with zero attached hydrogens (tertiary/aromatic N) is 1. The predicted molar refractivity (Wildman–Crippen MR) is 66.0 cm³/mol. The Morgan fingerprint density at radius 3 is 2.42 bits per heavy atom. The van der Waals surface area contributed by atoms with Gasteiger partial charge in [-0.25, -0.2) is 0 Å². The van der Waals surface area contributed by atoms with E-state index in [1.54, 1.807) is 0 Å². The highest BCUT2D eigenvalue weighted by atomic mass is 19.3. The highest BCUT2D eigenvalue weighted by Gasteiger charge is 2.31. The van der Waals surface area contributed by atoms with Gasteiger partial charge >= 0.3 is 5.92 Å². The van der Waals surface area contributed by atoms with Crippen LogP contribution >= 0.6 is 0 Å². The lowest BCUT2D eigenvalue weighted by Crippen LogP contribution is -2.19. The molecular weight excluding hydrogens is 252 g/mol. The normalized spacial score (nSPS) is 11.3. The van der Waals surface area contributed by atoms with Crippen LogP contribution in [0.2, 0.25) is 0 Å². The molecule has 0 aliphatic carbocycles. The molecule has 5 heteroatoms. The van der Waals surface area contributed by atoms with E-state index in [9.17, 15) is 8.78 Å². The Hall–Kier alpha value is -2.01. The summed E-state index contributed by atoms with van der Waals surface area (Å²) in [6.45, 7) is -0.914. The van der Waals surface area contributed by atoms with Crippen molar-refractivity contribution in [2.24, 2.45) is 0 Å². The number of benzene rings is 1. The van der Waals surface area contributed by atoms with Gasteiger partial charge in [0.05, 0.1) is 6.20 Å². The molecule has 2 aromatic rings. The van der Waals surface area contributed by atoms with E-state index < -0.39 is 18.2 Å². The number of aliphatic hydroxyl groups is 1. The van der Waals surface area contributed by atoms with Gasteiger partial charge in [0, 0.05) is 0 Å². The van der Waals surface area contributed by atoms with Crippen LogP contribution in [0.25, 0.3) is 0 Å². The van der Waals surface area contributed by atoms with E-state index in [2.05, 4.69) is 4.98 Å². The summed E-state index contributed by atoms with van der Waals surface area (Å²) in [7, 11) is 0. The summed E-state index contributed by atoms with van der Waals surface area (Å²) < 4.78 is 31.7. The van der Waals surface area contributed by atoms with Crippen molar-refractivity contribution in [2.45, 2.75) is 12.5 Å². The van der Waals surface area contributed by atoms with Crippen molar-refractivity contribution in [2.75, 3.05) is 6.61 Å². The Kier molecular flexibility index (Phi) is 4.06. The average Bonchev–Trinajstić information content (AvgIpc) is 2.47. The Morgan fingerprint density at radius 2 is 1.84 bits per heavy atom. The molecule has 0 bridgehead atoms. The van der Waals surface area contributed by atoms with Gasteiger partial charge in [-0.05, 0) is 17.7 Å². The molecule has 0 fully saturated rings. The van der Waals surface area contributed by atoms with Crippen LogP contribution in [0.4, 0.5) is 8.78 Å². The molecule has 2 rings (SSSR count). The third-order valence-corrected chi connectivity index (χ3v) is 2.56. The molecule has 0 saturated heterocycles. The summed E-state index contributed by atoms with van der Waals surface area (Å²) in [5.74, 6) is -2.92. The second kappa shape index (κ2) is 5.75.